The molecule has 34 heavy (non-hydrogen) atoms. The van der Waals surface area contributed by atoms with Crippen molar-refractivity contribution in [1.29, 1.82) is 0 Å². The largest absolute Gasteiger partial charge is 0.417 e. The minimum absolute atomic E-state index is 0.0583. The molecule has 2 aromatic rings. The number of hydrogen-bond acceptors (Lipinski definition) is 5. The van der Waals surface area contributed by atoms with Crippen LogP contribution in [0.25, 0.3) is 0 Å². The fourth-order valence-corrected chi connectivity index (χ4v) is 4.61. The number of amides is 2. The second-order valence-corrected chi connectivity index (χ2v) is 9.31. The molecule has 3 heterocycles. The standard InChI is InChI=1S/C23H25ClF3N5O2/c1-22(2)21(34)29-17-6-3-4-7-18(17)32(22)19(33)14-30-8-5-9-31(11-10-30)20-16(24)12-15(13-28-20)23(25,26)27/h3-4,6-7,12-13H,5,8-11,14H2,1-2H3,(H,29,34). The molecule has 1 aromatic carbocycles. The van der Waals surface area contributed by atoms with Gasteiger partial charge in [-0.25, -0.2) is 4.98 Å². The molecule has 4 rings (SSSR count). The maximum atomic E-state index is 13.4. The van der Waals surface area contributed by atoms with Crippen LogP contribution < -0.4 is 15.1 Å². The first kappa shape index (κ1) is 24.3. The van der Waals surface area contributed by atoms with Gasteiger partial charge in [-0.05, 0) is 38.5 Å². The maximum Gasteiger partial charge on any atom is 0.417 e. The highest BCUT2D eigenvalue weighted by atomic mass is 35.5. The Morgan fingerprint density at radius 2 is 1.91 bits per heavy atom. The van der Waals surface area contributed by atoms with Crippen molar-refractivity contribution in [2.75, 3.05) is 47.8 Å². The first-order valence-corrected chi connectivity index (χ1v) is 11.3. The highest BCUT2D eigenvalue weighted by Crippen LogP contribution is 2.37. The quantitative estimate of drug-likeness (QED) is 0.696. The Labute approximate surface area is 200 Å². The number of halogens is 4. The van der Waals surface area contributed by atoms with Crippen LogP contribution >= 0.6 is 11.6 Å². The van der Waals surface area contributed by atoms with Crippen LogP contribution in [0.1, 0.15) is 25.8 Å². The molecule has 2 aliphatic rings. The summed E-state index contributed by atoms with van der Waals surface area (Å²) in [4.78, 5) is 35.3. The Hall–Kier alpha value is -2.85. The third kappa shape index (κ3) is 4.69. The number of hydrogen-bond donors (Lipinski definition) is 1. The van der Waals surface area contributed by atoms with E-state index >= 15 is 0 Å². The number of carbonyl (C=O) groups is 2. The van der Waals surface area contributed by atoms with Gasteiger partial charge in [0, 0.05) is 32.4 Å². The maximum absolute atomic E-state index is 13.4. The van der Waals surface area contributed by atoms with Gasteiger partial charge in [-0.2, -0.15) is 13.2 Å². The molecule has 1 aromatic heterocycles. The smallest absolute Gasteiger partial charge is 0.354 e. The number of anilines is 3. The number of nitrogens with one attached hydrogen (secondary N) is 1. The topological polar surface area (TPSA) is 68.8 Å². The molecule has 0 aliphatic carbocycles. The fraction of sp³-hybridized carbons (Fsp3) is 0.435. The van der Waals surface area contributed by atoms with E-state index in [1.165, 1.54) is 4.90 Å². The van der Waals surface area contributed by atoms with E-state index in [0.29, 0.717) is 49.8 Å². The molecule has 2 aliphatic heterocycles. The van der Waals surface area contributed by atoms with E-state index in [4.69, 9.17) is 11.6 Å². The van der Waals surface area contributed by atoms with Gasteiger partial charge in [0.25, 0.3) is 0 Å². The molecule has 1 N–H and O–H groups in total. The molecule has 0 radical (unpaired) electrons. The lowest BCUT2D eigenvalue weighted by atomic mass is 9.96. The average Bonchev–Trinajstić information content (AvgIpc) is 2.99. The summed E-state index contributed by atoms with van der Waals surface area (Å²) in [6, 6.07) is 8.06. The lowest BCUT2D eigenvalue weighted by Gasteiger charge is -2.42. The molecular weight excluding hydrogens is 471 g/mol. The second kappa shape index (κ2) is 9.07. The summed E-state index contributed by atoms with van der Waals surface area (Å²) >= 11 is 6.12. The number of aromatic nitrogens is 1. The van der Waals surface area contributed by atoms with Gasteiger partial charge in [-0.1, -0.05) is 23.7 Å². The molecule has 11 heteroatoms. The summed E-state index contributed by atoms with van der Waals surface area (Å²) in [6.07, 6.45) is -3.05. The second-order valence-electron chi connectivity index (χ2n) is 8.90. The number of carbonyl (C=O) groups excluding carboxylic acids is 2. The first-order valence-electron chi connectivity index (χ1n) is 10.9. The highest BCUT2D eigenvalue weighted by Gasteiger charge is 2.43. The molecule has 1 fully saturated rings. The average molecular weight is 496 g/mol. The number of benzene rings is 1. The third-order valence-corrected chi connectivity index (χ3v) is 6.43. The Morgan fingerprint density at radius 1 is 1.18 bits per heavy atom. The number of pyridine rings is 1. The predicted octanol–water partition coefficient (Wildman–Crippen LogP) is 4.03. The molecule has 0 saturated carbocycles. The molecule has 7 nitrogen and oxygen atoms in total. The van der Waals surface area contributed by atoms with Crippen molar-refractivity contribution in [3.8, 4) is 0 Å². The van der Waals surface area contributed by atoms with Crippen LogP contribution in [-0.4, -0.2) is 60.0 Å². The summed E-state index contributed by atoms with van der Waals surface area (Å²) in [5.74, 6) is -0.165. The molecular formula is C23H25ClF3N5O2. The fourth-order valence-electron chi connectivity index (χ4n) is 4.32. The van der Waals surface area contributed by atoms with Crippen molar-refractivity contribution in [1.82, 2.24) is 9.88 Å². The van der Waals surface area contributed by atoms with Crippen molar-refractivity contribution >= 4 is 40.6 Å². The number of para-hydroxylation sites is 2. The zero-order valence-electron chi connectivity index (χ0n) is 18.8. The first-order chi connectivity index (χ1) is 16.0. The lowest BCUT2D eigenvalue weighted by molar-refractivity contribution is -0.137. The highest BCUT2D eigenvalue weighted by molar-refractivity contribution is 6.33. The van der Waals surface area contributed by atoms with Crippen LogP contribution in [0.2, 0.25) is 5.02 Å². The molecule has 0 spiro atoms. The molecule has 0 bridgehead atoms. The van der Waals surface area contributed by atoms with Gasteiger partial charge < -0.3 is 10.2 Å². The summed E-state index contributed by atoms with van der Waals surface area (Å²) in [6.45, 7) is 5.62. The van der Waals surface area contributed by atoms with Crippen LogP contribution in [0.15, 0.2) is 36.5 Å². The summed E-state index contributed by atoms with van der Waals surface area (Å²) in [5.41, 5.74) is -0.711. The Balaban J connectivity index is 1.47. The van der Waals surface area contributed by atoms with Crippen LogP contribution in [-0.2, 0) is 15.8 Å². The van der Waals surface area contributed by atoms with Crippen molar-refractivity contribution in [3.63, 3.8) is 0 Å². The number of fused-ring (bicyclic) bond motifs is 1. The minimum Gasteiger partial charge on any atom is -0.354 e. The van der Waals surface area contributed by atoms with Gasteiger partial charge in [-0.3, -0.25) is 19.4 Å². The van der Waals surface area contributed by atoms with E-state index < -0.39 is 17.3 Å². The van der Waals surface area contributed by atoms with Crippen LogP contribution in [0, 0.1) is 0 Å². The summed E-state index contributed by atoms with van der Waals surface area (Å²) < 4.78 is 38.8. The van der Waals surface area contributed by atoms with Gasteiger partial charge in [0.2, 0.25) is 11.8 Å². The van der Waals surface area contributed by atoms with Crippen molar-refractivity contribution in [2.45, 2.75) is 32.0 Å². The normalized spacial score (nSPS) is 18.8. The van der Waals surface area contributed by atoms with Crippen LogP contribution in [0.3, 0.4) is 0 Å². The minimum atomic E-state index is -4.51. The van der Waals surface area contributed by atoms with E-state index in [-0.39, 0.29) is 23.4 Å². The number of alkyl halides is 3. The molecule has 0 unspecified atom stereocenters. The summed E-state index contributed by atoms with van der Waals surface area (Å²) in [5, 5.41) is 2.79. The lowest BCUT2D eigenvalue weighted by Crippen LogP contribution is -2.60. The van der Waals surface area contributed by atoms with E-state index in [9.17, 15) is 22.8 Å². The number of nitrogens with zero attached hydrogens (tertiary/aromatic N) is 4. The monoisotopic (exact) mass is 495 g/mol. The van der Waals surface area contributed by atoms with Crippen LogP contribution in [0.4, 0.5) is 30.4 Å². The van der Waals surface area contributed by atoms with Crippen molar-refractivity contribution in [3.05, 3.63) is 47.1 Å². The van der Waals surface area contributed by atoms with Crippen LogP contribution in [0.5, 0.6) is 0 Å². The van der Waals surface area contributed by atoms with E-state index in [2.05, 4.69) is 10.3 Å². The SMILES string of the molecule is CC1(C)C(=O)Nc2ccccc2N1C(=O)CN1CCCN(c2ncc(C(F)(F)F)cc2Cl)CC1. The van der Waals surface area contributed by atoms with E-state index in [1.54, 1.807) is 32.0 Å². The van der Waals surface area contributed by atoms with E-state index in [1.807, 2.05) is 15.9 Å². The zero-order valence-corrected chi connectivity index (χ0v) is 19.6. The molecule has 0 atom stereocenters. The third-order valence-electron chi connectivity index (χ3n) is 6.15. The van der Waals surface area contributed by atoms with Crippen molar-refractivity contribution in [2.24, 2.45) is 0 Å². The number of rotatable bonds is 3. The zero-order chi connectivity index (χ0) is 24.7. The molecule has 182 valence electrons. The van der Waals surface area contributed by atoms with Gasteiger partial charge in [-0.15, -0.1) is 0 Å². The Bertz CT molecular complexity index is 1110. The van der Waals surface area contributed by atoms with Gasteiger partial charge >= 0.3 is 6.18 Å². The molecule has 1 saturated heterocycles. The molecule has 2 amide bonds. The Kier molecular flexibility index (Phi) is 6.48. The van der Waals surface area contributed by atoms with Gasteiger partial charge in [0.1, 0.15) is 11.4 Å². The predicted molar refractivity (Wildman–Crippen MR) is 124 cm³/mol. The summed E-state index contributed by atoms with van der Waals surface area (Å²) in [7, 11) is 0. The Morgan fingerprint density at radius 3 is 2.62 bits per heavy atom. The van der Waals surface area contributed by atoms with Gasteiger partial charge in [0.05, 0.1) is 28.5 Å². The van der Waals surface area contributed by atoms with Gasteiger partial charge in [0.15, 0.2) is 0 Å². The van der Waals surface area contributed by atoms with Crippen molar-refractivity contribution < 1.29 is 22.8 Å². The van der Waals surface area contributed by atoms with E-state index in [0.717, 1.165) is 12.3 Å².